The van der Waals surface area contributed by atoms with E-state index < -0.39 is 0 Å². The molecule has 2 heteroatoms. The predicted octanol–water partition coefficient (Wildman–Crippen LogP) is 2.45. The second kappa shape index (κ2) is 3.20. The first-order valence-electron chi connectivity index (χ1n) is 2.76. The first-order chi connectivity index (χ1) is 4.33. The Kier molecular flexibility index (Phi) is 2.50. The van der Waals surface area contributed by atoms with E-state index in [0.29, 0.717) is 7.93 Å². The summed E-state index contributed by atoms with van der Waals surface area (Å²) in [6.07, 6.45) is 0. The van der Waals surface area contributed by atoms with Gasteiger partial charge in [-0.1, -0.05) is 41.1 Å². The molecule has 1 unspecified atom stereocenters. The van der Waals surface area contributed by atoms with E-state index in [1.807, 2.05) is 0 Å². The zero-order valence-corrected chi connectivity index (χ0v) is 6.94. The molecule has 0 nitrogen and oxygen atoms in total. The van der Waals surface area contributed by atoms with Gasteiger partial charge in [0.1, 0.15) is 0 Å². The quantitative estimate of drug-likeness (QED) is 0.551. The zero-order chi connectivity index (χ0) is 6.69. The number of halogens is 1. The summed E-state index contributed by atoms with van der Waals surface area (Å²) in [5.74, 6) is 0. The molecule has 0 aliphatic heterocycles. The molecule has 0 aliphatic rings. The monoisotopic (exact) mass is 158 g/mol. The molecule has 0 radical (unpaired) electrons. The second-order valence-corrected chi connectivity index (χ2v) is 3.29. The Morgan fingerprint density at radius 3 is 2.22 bits per heavy atom. The van der Waals surface area contributed by atoms with Gasteiger partial charge in [-0.3, -0.25) is 0 Å². The Bertz CT molecular complexity index is 181. The Morgan fingerprint density at radius 1 is 1.22 bits per heavy atom. The molecule has 0 aliphatic carbocycles. The molecule has 0 fully saturated rings. The molecule has 0 aromatic heterocycles. The SMILES string of the molecule is Cc1ccc(PCl)cc1. The summed E-state index contributed by atoms with van der Waals surface area (Å²) >= 11 is 5.61. The second-order valence-electron chi connectivity index (χ2n) is 1.96. The highest BCUT2D eigenvalue weighted by Crippen LogP contribution is 2.14. The summed E-state index contributed by atoms with van der Waals surface area (Å²) in [4.78, 5) is 0. The highest BCUT2D eigenvalue weighted by molar-refractivity contribution is 7.74. The Morgan fingerprint density at radius 2 is 1.78 bits per heavy atom. The van der Waals surface area contributed by atoms with Gasteiger partial charge in [-0.05, 0) is 12.2 Å². The molecule has 0 bridgehead atoms. The molecular weight excluding hydrogens is 151 g/mol. The van der Waals surface area contributed by atoms with E-state index in [9.17, 15) is 0 Å². The maximum Gasteiger partial charge on any atom is 0.00659 e. The van der Waals surface area contributed by atoms with Crippen molar-refractivity contribution in [1.29, 1.82) is 0 Å². The van der Waals surface area contributed by atoms with Crippen LogP contribution in [0.25, 0.3) is 0 Å². The smallest absolute Gasteiger partial charge is 0.00659 e. The van der Waals surface area contributed by atoms with Gasteiger partial charge in [-0.25, -0.2) is 0 Å². The average molecular weight is 159 g/mol. The first-order valence-corrected chi connectivity index (χ1v) is 4.77. The summed E-state index contributed by atoms with van der Waals surface area (Å²) in [6, 6.07) is 8.26. The Balaban J connectivity index is 2.88. The van der Waals surface area contributed by atoms with Crippen molar-refractivity contribution < 1.29 is 0 Å². The minimum absolute atomic E-state index is 0.399. The van der Waals surface area contributed by atoms with Gasteiger partial charge in [0, 0.05) is 7.93 Å². The van der Waals surface area contributed by atoms with Crippen LogP contribution in [0.3, 0.4) is 0 Å². The van der Waals surface area contributed by atoms with Crippen molar-refractivity contribution in [1.82, 2.24) is 0 Å². The molecule has 1 rings (SSSR count). The van der Waals surface area contributed by atoms with Crippen LogP contribution in [0.4, 0.5) is 0 Å². The lowest BCUT2D eigenvalue weighted by Gasteiger charge is -1.93. The largest absolute Gasteiger partial charge is 0.0948 e. The van der Waals surface area contributed by atoms with E-state index in [1.165, 1.54) is 10.9 Å². The van der Waals surface area contributed by atoms with Crippen LogP contribution < -0.4 is 5.30 Å². The van der Waals surface area contributed by atoms with Crippen molar-refractivity contribution in [3.05, 3.63) is 29.8 Å². The highest BCUT2D eigenvalue weighted by Gasteiger charge is 1.86. The summed E-state index contributed by atoms with van der Waals surface area (Å²) in [7, 11) is 0.399. The fraction of sp³-hybridized carbons (Fsp3) is 0.143. The van der Waals surface area contributed by atoms with Crippen LogP contribution in [0.1, 0.15) is 5.56 Å². The van der Waals surface area contributed by atoms with Gasteiger partial charge >= 0.3 is 0 Å². The topological polar surface area (TPSA) is 0 Å². The first kappa shape index (κ1) is 7.05. The van der Waals surface area contributed by atoms with Gasteiger partial charge in [-0.15, -0.1) is 0 Å². The predicted molar refractivity (Wildman–Crippen MR) is 45.0 cm³/mol. The highest BCUT2D eigenvalue weighted by atomic mass is 35.7. The van der Waals surface area contributed by atoms with E-state index in [-0.39, 0.29) is 0 Å². The van der Waals surface area contributed by atoms with Gasteiger partial charge in [0.25, 0.3) is 0 Å². The van der Waals surface area contributed by atoms with E-state index in [2.05, 4.69) is 31.2 Å². The van der Waals surface area contributed by atoms with Gasteiger partial charge in [0.2, 0.25) is 0 Å². The van der Waals surface area contributed by atoms with Crippen LogP contribution in [0.2, 0.25) is 0 Å². The lowest BCUT2D eigenvalue weighted by Crippen LogP contribution is -1.88. The third-order valence-corrected chi connectivity index (χ3v) is 2.37. The van der Waals surface area contributed by atoms with Crippen LogP contribution in [-0.2, 0) is 0 Å². The van der Waals surface area contributed by atoms with Crippen molar-refractivity contribution in [3.63, 3.8) is 0 Å². The third kappa shape index (κ3) is 1.97. The number of benzene rings is 1. The van der Waals surface area contributed by atoms with Gasteiger partial charge in [0.15, 0.2) is 0 Å². The van der Waals surface area contributed by atoms with Crippen LogP contribution in [0.5, 0.6) is 0 Å². The molecule has 0 heterocycles. The van der Waals surface area contributed by atoms with Crippen molar-refractivity contribution in [2.24, 2.45) is 0 Å². The van der Waals surface area contributed by atoms with Crippen molar-refractivity contribution >= 4 is 24.5 Å². The molecule has 0 amide bonds. The van der Waals surface area contributed by atoms with Crippen molar-refractivity contribution in [2.45, 2.75) is 6.92 Å². The molecule has 0 N–H and O–H groups in total. The number of aryl methyl sites for hydroxylation is 1. The van der Waals surface area contributed by atoms with Crippen LogP contribution in [-0.4, -0.2) is 0 Å². The molecule has 1 aromatic carbocycles. The van der Waals surface area contributed by atoms with Crippen LogP contribution in [0.15, 0.2) is 24.3 Å². The van der Waals surface area contributed by atoms with Crippen LogP contribution in [0, 0.1) is 6.92 Å². The van der Waals surface area contributed by atoms with E-state index >= 15 is 0 Å². The number of hydrogen-bond acceptors (Lipinski definition) is 0. The summed E-state index contributed by atoms with van der Waals surface area (Å²) < 4.78 is 0. The standard InChI is InChI=1S/C7H8ClP/c1-6-2-4-7(9-8)5-3-6/h2-5,9H,1H3. The van der Waals surface area contributed by atoms with Crippen molar-refractivity contribution in [3.8, 4) is 0 Å². The molecule has 1 aromatic rings. The minimum atomic E-state index is 0.399. The van der Waals surface area contributed by atoms with E-state index in [4.69, 9.17) is 11.2 Å². The summed E-state index contributed by atoms with van der Waals surface area (Å²) in [5, 5.41) is 1.21. The maximum absolute atomic E-state index is 5.61. The lowest BCUT2D eigenvalue weighted by molar-refractivity contribution is 1.49. The number of rotatable bonds is 1. The summed E-state index contributed by atoms with van der Waals surface area (Å²) in [5.41, 5.74) is 1.29. The normalized spacial score (nSPS) is 10.9. The lowest BCUT2D eigenvalue weighted by atomic mass is 10.2. The maximum atomic E-state index is 5.61. The van der Waals surface area contributed by atoms with Gasteiger partial charge < -0.3 is 0 Å². The van der Waals surface area contributed by atoms with E-state index in [1.54, 1.807) is 0 Å². The van der Waals surface area contributed by atoms with Gasteiger partial charge in [0.05, 0.1) is 0 Å². The molecule has 0 saturated carbocycles. The molecule has 1 atom stereocenters. The fourth-order valence-corrected chi connectivity index (χ4v) is 1.29. The molecule has 9 heavy (non-hydrogen) atoms. The van der Waals surface area contributed by atoms with E-state index in [0.717, 1.165) is 0 Å². The number of hydrogen-bond donors (Lipinski definition) is 0. The molecule has 48 valence electrons. The third-order valence-electron chi connectivity index (χ3n) is 1.16. The Labute approximate surface area is 61.8 Å². The minimum Gasteiger partial charge on any atom is -0.0948 e. The average Bonchev–Trinajstić information content (AvgIpc) is 1.90. The fourth-order valence-electron chi connectivity index (χ4n) is 0.617. The zero-order valence-electron chi connectivity index (χ0n) is 5.19. The molecular formula is C7H8ClP. The Hall–Kier alpha value is -0.0600. The molecule has 0 spiro atoms. The van der Waals surface area contributed by atoms with Crippen LogP contribution >= 0.6 is 19.2 Å². The summed E-state index contributed by atoms with van der Waals surface area (Å²) in [6.45, 7) is 2.07. The van der Waals surface area contributed by atoms with Gasteiger partial charge in [-0.2, -0.15) is 0 Å². The molecule has 0 saturated heterocycles. The van der Waals surface area contributed by atoms with Crippen molar-refractivity contribution in [2.75, 3.05) is 0 Å².